The van der Waals surface area contributed by atoms with Crippen molar-refractivity contribution in [3.8, 4) is 0 Å². The Morgan fingerprint density at radius 3 is 2.65 bits per heavy atom. The number of carbonyl (C=O) groups excluding carboxylic acids is 2. The Kier molecular flexibility index (Phi) is 3.83. The SMILES string of the molecule is CNC(=O)[C@@H]1C[C@H]2CN(C(=O)NC3CCCC3)C[C@@H]1O2. The topological polar surface area (TPSA) is 70.7 Å². The first kappa shape index (κ1) is 13.7. The van der Waals surface area contributed by atoms with Gasteiger partial charge in [0.05, 0.1) is 18.1 Å². The monoisotopic (exact) mass is 281 g/mol. The van der Waals surface area contributed by atoms with Crippen LogP contribution in [0.5, 0.6) is 0 Å². The van der Waals surface area contributed by atoms with E-state index in [0.717, 1.165) is 19.3 Å². The van der Waals surface area contributed by atoms with E-state index in [1.165, 1.54) is 12.8 Å². The highest BCUT2D eigenvalue weighted by Crippen LogP contribution is 2.32. The van der Waals surface area contributed by atoms with Crippen LogP contribution < -0.4 is 10.6 Å². The van der Waals surface area contributed by atoms with Crippen molar-refractivity contribution in [3.63, 3.8) is 0 Å². The number of nitrogens with zero attached hydrogens (tertiary/aromatic N) is 1. The van der Waals surface area contributed by atoms with Gasteiger partial charge in [0.2, 0.25) is 5.91 Å². The summed E-state index contributed by atoms with van der Waals surface area (Å²) in [4.78, 5) is 25.9. The number of nitrogens with one attached hydrogen (secondary N) is 2. The second-order valence-electron chi connectivity index (χ2n) is 6.09. The summed E-state index contributed by atoms with van der Waals surface area (Å²) < 4.78 is 5.80. The number of hydrogen-bond acceptors (Lipinski definition) is 3. The average Bonchev–Trinajstić information content (AvgIpc) is 3.05. The highest BCUT2D eigenvalue weighted by molar-refractivity contribution is 5.80. The summed E-state index contributed by atoms with van der Waals surface area (Å²) in [6, 6.07) is 0.338. The predicted octanol–water partition coefficient (Wildman–Crippen LogP) is 0.474. The van der Waals surface area contributed by atoms with Gasteiger partial charge in [-0.25, -0.2) is 4.79 Å². The number of fused-ring (bicyclic) bond motifs is 2. The third-order valence-electron chi connectivity index (χ3n) is 4.71. The van der Waals surface area contributed by atoms with Gasteiger partial charge >= 0.3 is 6.03 Å². The molecular formula is C14H23N3O3. The van der Waals surface area contributed by atoms with Crippen molar-refractivity contribution in [3.05, 3.63) is 0 Å². The number of amides is 3. The third-order valence-corrected chi connectivity index (χ3v) is 4.71. The van der Waals surface area contributed by atoms with E-state index < -0.39 is 0 Å². The smallest absolute Gasteiger partial charge is 0.317 e. The summed E-state index contributed by atoms with van der Waals surface area (Å²) in [7, 11) is 1.65. The molecule has 1 aliphatic carbocycles. The number of likely N-dealkylation sites (tertiary alicyclic amines) is 1. The van der Waals surface area contributed by atoms with Crippen LogP contribution in [0.2, 0.25) is 0 Å². The van der Waals surface area contributed by atoms with E-state index in [1.807, 2.05) is 4.90 Å². The Hall–Kier alpha value is -1.30. The first-order valence-corrected chi connectivity index (χ1v) is 7.60. The molecule has 6 nitrogen and oxygen atoms in total. The van der Waals surface area contributed by atoms with Crippen LogP contribution in [-0.2, 0) is 9.53 Å². The second-order valence-corrected chi connectivity index (χ2v) is 6.09. The molecule has 2 heterocycles. The fraction of sp³-hybridized carbons (Fsp3) is 0.857. The lowest BCUT2D eigenvalue weighted by Crippen LogP contribution is -2.52. The standard InChI is InChI=1S/C14H23N3O3/c1-15-13(18)11-6-10-7-17(8-12(11)20-10)14(19)16-9-4-2-3-5-9/h9-12H,2-8H2,1H3,(H,15,18)(H,16,19)/t10-,11+,12-/m0/s1. The minimum absolute atomic E-state index is 0.00498. The van der Waals surface area contributed by atoms with Crippen molar-refractivity contribution in [2.24, 2.45) is 5.92 Å². The summed E-state index contributed by atoms with van der Waals surface area (Å²) in [5, 5.41) is 5.79. The fourth-order valence-electron chi connectivity index (χ4n) is 3.62. The molecule has 0 unspecified atom stereocenters. The maximum atomic E-state index is 12.3. The molecule has 2 N–H and O–H groups in total. The zero-order chi connectivity index (χ0) is 14.1. The number of urea groups is 1. The number of ether oxygens (including phenoxy) is 1. The molecule has 112 valence electrons. The normalized spacial score (nSPS) is 33.2. The Bertz CT molecular complexity index is 395. The summed E-state index contributed by atoms with van der Waals surface area (Å²) in [6.07, 6.45) is 5.16. The van der Waals surface area contributed by atoms with Gasteiger partial charge in [-0.1, -0.05) is 12.8 Å². The van der Waals surface area contributed by atoms with Gasteiger partial charge in [-0.3, -0.25) is 4.79 Å². The molecule has 6 heteroatoms. The summed E-state index contributed by atoms with van der Waals surface area (Å²) in [5.41, 5.74) is 0. The maximum Gasteiger partial charge on any atom is 0.317 e. The molecule has 1 saturated carbocycles. The Morgan fingerprint density at radius 2 is 1.95 bits per heavy atom. The van der Waals surface area contributed by atoms with E-state index in [9.17, 15) is 9.59 Å². The van der Waals surface area contributed by atoms with Gasteiger partial charge < -0.3 is 20.3 Å². The van der Waals surface area contributed by atoms with Crippen LogP contribution in [-0.4, -0.2) is 55.2 Å². The number of hydrogen-bond donors (Lipinski definition) is 2. The average molecular weight is 281 g/mol. The first-order chi connectivity index (χ1) is 9.67. The molecule has 0 radical (unpaired) electrons. The molecule has 2 aliphatic heterocycles. The van der Waals surface area contributed by atoms with Gasteiger partial charge in [0.1, 0.15) is 0 Å². The van der Waals surface area contributed by atoms with Crippen LogP contribution in [0.25, 0.3) is 0 Å². The minimum Gasteiger partial charge on any atom is -0.370 e. The lowest BCUT2D eigenvalue weighted by Gasteiger charge is -2.33. The molecule has 0 spiro atoms. The van der Waals surface area contributed by atoms with Crippen molar-refractivity contribution in [1.29, 1.82) is 0 Å². The van der Waals surface area contributed by atoms with Gasteiger partial charge in [-0.05, 0) is 19.3 Å². The predicted molar refractivity (Wildman–Crippen MR) is 73.2 cm³/mol. The molecule has 2 bridgehead atoms. The van der Waals surface area contributed by atoms with Gasteiger partial charge in [0.15, 0.2) is 0 Å². The number of morpholine rings is 1. The molecular weight excluding hydrogens is 258 g/mol. The lowest BCUT2D eigenvalue weighted by molar-refractivity contribution is -0.127. The fourth-order valence-corrected chi connectivity index (χ4v) is 3.62. The molecule has 3 fully saturated rings. The van der Waals surface area contributed by atoms with Crippen LogP contribution in [0.15, 0.2) is 0 Å². The van der Waals surface area contributed by atoms with Crippen LogP contribution in [0.4, 0.5) is 4.79 Å². The van der Waals surface area contributed by atoms with Gasteiger partial charge in [0.25, 0.3) is 0 Å². The molecule has 3 aliphatic rings. The number of rotatable bonds is 2. The lowest BCUT2D eigenvalue weighted by atomic mass is 10.00. The van der Waals surface area contributed by atoms with Crippen molar-refractivity contribution in [1.82, 2.24) is 15.5 Å². The van der Waals surface area contributed by atoms with Crippen molar-refractivity contribution < 1.29 is 14.3 Å². The summed E-state index contributed by atoms with van der Waals surface area (Å²) >= 11 is 0. The molecule has 20 heavy (non-hydrogen) atoms. The Labute approximate surface area is 119 Å². The molecule has 0 aromatic heterocycles. The van der Waals surface area contributed by atoms with Gasteiger partial charge in [-0.2, -0.15) is 0 Å². The first-order valence-electron chi connectivity index (χ1n) is 7.60. The summed E-state index contributed by atoms with van der Waals surface area (Å²) in [5.74, 6) is -0.0927. The van der Waals surface area contributed by atoms with Crippen LogP contribution >= 0.6 is 0 Å². The highest BCUT2D eigenvalue weighted by atomic mass is 16.5. The highest BCUT2D eigenvalue weighted by Gasteiger charge is 2.45. The Balaban J connectivity index is 1.57. The van der Waals surface area contributed by atoms with E-state index in [2.05, 4.69) is 10.6 Å². The Morgan fingerprint density at radius 1 is 1.20 bits per heavy atom. The molecule has 3 rings (SSSR count). The van der Waals surface area contributed by atoms with Crippen LogP contribution in [0.3, 0.4) is 0 Å². The maximum absolute atomic E-state index is 12.3. The molecule has 3 atom stereocenters. The van der Waals surface area contributed by atoms with E-state index in [1.54, 1.807) is 7.05 Å². The van der Waals surface area contributed by atoms with Crippen LogP contribution in [0.1, 0.15) is 32.1 Å². The number of carbonyl (C=O) groups is 2. The van der Waals surface area contributed by atoms with Gasteiger partial charge in [0, 0.05) is 26.2 Å². The van der Waals surface area contributed by atoms with Crippen molar-refractivity contribution >= 4 is 11.9 Å². The molecule has 0 aromatic carbocycles. The minimum atomic E-state index is -0.150. The zero-order valence-corrected chi connectivity index (χ0v) is 11.9. The van der Waals surface area contributed by atoms with Crippen molar-refractivity contribution in [2.45, 2.75) is 50.4 Å². The quantitative estimate of drug-likeness (QED) is 0.773. The largest absolute Gasteiger partial charge is 0.370 e. The van der Waals surface area contributed by atoms with E-state index in [-0.39, 0.29) is 30.1 Å². The van der Waals surface area contributed by atoms with E-state index >= 15 is 0 Å². The molecule has 2 saturated heterocycles. The van der Waals surface area contributed by atoms with Gasteiger partial charge in [-0.15, -0.1) is 0 Å². The van der Waals surface area contributed by atoms with Crippen LogP contribution in [0, 0.1) is 5.92 Å². The van der Waals surface area contributed by atoms with Crippen molar-refractivity contribution in [2.75, 3.05) is 20.1 Å². The van der Waals surface area contributed by atoms with E-state index in [4.69, 9.17) is 4.74 Å². The molecule has 0 aromatic rings. The summed E-state index contributed by atoms with van der Waals surface area (Å²) in [6.45, 7) is 1.12. The second kappa shape index (κ2) is 5.60. The zero-order valence-electron chi connectivity index (χ0n) is 11.9. The molecule has 3 amide bonds. The van der Waals surface area contributed by atoms with E-state index in [0.29, 0.717) is 19.1 Å². The third kappa shape index (κ3) is 2.61.